The molecule has 3 rings (SSSR count). The third-order valence-electron chi connectivity index (χ3n) is 4.49. The van der Waals surface area contributed by atoms with E-state index < -0.39 is 0 Å². The third-order valence-corrected chi connectivity index (χ3v) is 5.12. The van der Waals surface area contributed by atoms with Crippen LogP contribution in [0.3, 0.4) is 0 Å². The van der Waals surface area contributed by atoms with Gasteiger partial charge in [0.2, 0.25) is 0 Å². The summed E-state index contributed by atoms with van der Waals surface area (Å²) in [6, 6.07) is 0. The van der Waals surface area contributed by atoms with Crippen molar-refractivity contribution in [3.63, 3.8) is 0 Å². The van der Waals surface area contributed by atoms with Crippen LogP contribution in [-0.2, 0) is 6.42 Å². The minimum absolute atomic E-state index is 0.495. The Kier molecular flexibility index (Phi) is 3.50. The number of aromatic nitrogens is 2. The highest BCUT2D eigenvalue weighted by Gasteiger charge is 2.41. The van der Waals surface area contributed by atoms with Gasteiger partial charge >= 0.3 is 0 Å². The second-order valence-corrected chi connectivity index (χ2v) is 6.39. The summed E-state index contributed by atoms with van der Waals surface area (Å²) in [6.45, 7) is 2.11. The van der Waals surface area contributed by atoms with Crippen LogP contribution in [0.25, 0.3) is 0 Å². The molecule has 1 aromatic heterocycles. The Morgan fingerprint density at radius 3 is 2.33 bits per heavy atom. The molecule has 4 heteroatoms. The molecule has 2 bridgehead atoms. The van der Waals surface area contributed by atoms with E-state index in [2.05, 4.69) is 16.9 Å². The van der Waals surface area contributed by atoms with Gasteiger partial charge in [0.1, 0.15) is 16.1 Å². The van der Waals surface area contributed by atoms with Crippen LogP contribution in [0.2, 0.25) is 10.3 Å². The summed E-state index contributed by atoms with van der Waals surface area (Å²) in [5.74, 6) is 3.03. The van der Waals surface area contributed by atoms with Crippen LogP contribution in [-0.4, -0.2) is 9.97 Å². The fourth-order valence-corrected chi connectivity index (χ4v) is 4.22. The van der Waals surface area contributed by atoms with E-state index in [-0.39, 0.29) is 0 Å². The lowest BCUT2D eigenvalue weighted by molar-refractivity contribution is 0.405. The van der Waals surface area contributed by atoms with Crippen molar-refractivity contribution >= 4 is 23.2 Å². The topological polar surface area (TPSA) is 25.8 Å². The molecule has 1 aromatic rings. The molecular formula is C14H18Cl2N2. The van der Waals surface area contributed by atoms with Crippen molar-refractivity contribution in [1.82, 2.24) is 9.97 Å². The molecule has 0 radical (unpaired) electrons. The zero-order valence-electron chi connectivity index (χ0n) is 10.6. The van der Waals surface area contributed by atoms with Crippen molar-refractivity contribution in [1.29, 1.82) is 0 Å². The summed E-state index contributed by atoms with van der Waals surface area (Å²) in [6.07, 6.45) is 7.15. The lowest BCUT2D eigenvalue weighted by Crippen LogP contribution is -2.13. The molecule has 98 valence electrons. The molecule has 1 heterocycles. The number of fused-ring (bicyclic) bond motifs is 2. The van der Waals surface area contributed by atoms with E-state index in [0.717, 1.165) is 36.1 Å². The average Bonchev–Trinajstić information content (AvgIpc) is 2.95. The van der Waals surface area contributed by atoms with Gasteiger partial charge in [-0.3, -0.25) is 0 Å². The number of hydrogen-bond acceptors (Lipinski definition) is 2. The lowest BCUT2D eigenvalue weighted by atomic mass is 9.88. The van der Waals surface area contributed by atoms with Gasteiger partial charge in [0.25, 0.3) is 0 Å². The molecule has 2 aliphatic rings. The molecule has 2 saturated carbocycles. The quantitative estimate of drug-likeness (QED) is 0.756. The van der Waals surface area contributed by atoms with Crippen LogP contribution in [0.1, 0.15) is 56.3 Å². The minimum atomic E-state index is 0.495. The van der Waals surface area contributed by atoms with E-state index in [1.807, 2.05) is 0 Å². The van der Waals surface area contributed by atoms with E-state index in [4.69, 9.17) is 23.2 Å². The van der Waals surface area contributed by atoms with Gasteiger partial charge in [-0.15, -0.1) is 0 Å². The maximum atomic E-state index is 6.26. The predicted molar refractivity (Wildman–Crippen MR) is 74.2 cm³/mol. The third kappa shape index (κ3) is 2.14. The van der Waals surface area contributed by atoms with E-state index in [0.29, 0.717) is 16.2 Å². The van der Waals surface area contributed by atoms with E-state index in [1.165, 1.54) is 25.7 Å². The normalized spacial score (nSPS) is 30.1. The summed E-state index contributed by atoms with van der Waals surface area (Å²) < 4.78 is 0. The maximum absolute atomic E-state index is 6.26. The Morgan fingerprint density at radius 1 is 1.11 bits per heavy atom. The fraction of sp³-hybridized carbons (Fsp3) is 0.714. The summed E-state index contributed by atoms with van der Waals surface area (Å²) in [7, 11) is 0. The van der Waals surface area contributed by atoms with Gasteiger partial charge in [0, 0.05) is 11.5 Å². The number of nitrogens with zero attached hydrogens (tertiary/aromatic N) is 2. The van der Waals surface area contributed by atoms with Crippen molar-refractivity contribution in [3.8, 4) is 0 Å². The molecule has 0 amide bonds. The van der Waals surface area contributed by atoms with Crippen LogP contribution in [0.15, 0.2) is 0 Å². The van der Waals surface area contributed by atoms with Crippen molar-refractivity contribution < 1.29 is 0 Å². The molecule has 0 aromatic carbocycles. The standard InChI is InChI=1S/C14H18Cl2N2/c1-2-3-10-12(15)17-14(18-13(10)16)11-7-8-4-5-9(11)6-8/h8-9,11H,2-7H2,1H3. The molecule has 2 nitrogen and oxygen atoms in total. The van der Waals surface area contributed by atoms with Gasteiger partial charge in [-0.1, -0.05) is 43.0 Å². The smallest absolute Gasteiger partial charge is 0.137 e. The second-order valence-electron chi connectivity index (χ2n) is 5.67. The lowest BCUT2D eigenvalue weighted by Gasteiger charge is -2.21. The summed E-state index contributed by atoms with van der Waals surface area (Å²) in [5.41, 5.74) is 0.910. The van der Waals surface area contributed by atoms with Crippen molar-refractivity contribution in [3.05, 3.63) is 21.7 Å². The number of hydrogen-bond donors (Lipinski definition) is 0. The van der Waals surface area contributed by atoms with Gasteiger partial charge in [-0.05, 0) is 37.5 Å². The Hall–Kier alpha value is -0.340. The van der Waals surface area contributed by atoms with Gasteiger partial charge in [-0.25, -0.2) is 9.97 Å². The summed E-state index contributed by atoms with van der Waals surface area (Å²) in [5, 5.41) is 1.13. The first-order valence-electron chi connectivity index (χ1n) is 6.90. The van der Waals surface area contributed by atoms with Crippen molar-refractivity contribution in [2.45, 2.75) is 51.4 Å². The SMILES string of the molecule is CCCc1c(Cl)nc(C2CC3CCC2C3)nc1Cl. The predicted octanol–water partition coefficient (Wildman–Crippen LogP) is 4.64. The van der Waals surface area contributed by atoms with E-state index >= 15 is 0 Å². The second kappa shape index (κ2) is 4.97. The highest BCUT2D eigenvalue weighted by atomic mass is 35.5. The number of rotatable bonds is 3. The molecule has 2 aliphatic carbocycles. The zero-order valence-corrected chi connectivity index (χ0v) is 12.1. The van der Waals surface area contributed by atoms with Crippen LogP contribution < -0.4 is 0 Å². The van der Waals surface area contributed by atoms with E-state index in [1.54, 1.807) is 0 Å². The molecule has 2 fully saturated rings. The molecule has 3 unspecified atom stereocenters. The maximum Gasteiger partial charge on any atom is 0.137 e. The molecule has 0 aliphatic heterocycles. The van der Waals surface area contributed by atoms with Gasteiger partial charge < -0.3 is 0 Å². The Balaban J connectivity index is 1.89. The molecular weight excluding hydrogens is 267 g/mol. The average molecular weight is 285 g/mol. The molecule has 0 spiro atoms. The number of halogens is 2. The summed E-state index contributed by atoms with van der Waals surface area (Å²) in [4.78, 5) is 9.05. The molecule has 0 saturated heterocycles. The first-order chi connectivity index (χ1) is 8.69. The van der Waals surface area contributed by atoms with Crippen LogP contribution in [0.4, 0.5) is 0 Å². The Labute approximate surface area is 118 Å². The van der Waals surface area contributed by atoms with Gasteiger partial charge in [0.15, 0.2) is 0 Å². The minimum Gasteiger partial charge on any atom is -0.221 e. The molecule has 3 atom stereocenters. The first-order valence-corrected chi connectivity index (χ1v) is 7.66. The fourth-order valence-electron chi connectivity index (χ4n) is 3.63. The molecule has 0 N–H and O–H groups in total. The van der Waals surface area contributed by atoms with Gasteiger partial charge in [0.05, 0.1) is 0 Å². The highest BCUT2D eigenvalue weighted by Crippen LogP contribution is 2.52. The zero-order chi connectivity index (χ0) is 12.7. The van der Waals surface area contributed by atoms with Crippen LogP contribution in [0, 0.1) is 11.8 Å². The summed E-state index contributed by atoms with van der Waals surface area (Å²) >= 11 is 12.5. The van der Waals surface area contributed by atoms with Crippen molar-refractivity contribution in [2.24, 2.45) is 11.8 Å². The Morgan fingerprint density at radius 2 is 1.83 bits per heavy atom. The van der Waals surface area contributed by atoms with Crippen molar-refractivity contribution in [2.75, 3.05) is 0 Å². The van der Waals surface area contributed by atoms with Gasteiger partial charge in [-0.2, -0.15) is 0 Å². The van der Waals surface area contributed by atoms with Crippen LogP contribution >= 0.6 is 23.2 Å². The van der Waals surface area contributed by atoms with Crippen LogP contribution in [0.5, 0.6) is 0 Å². The highest BCUT2D eigenvalue weighted by molar-refractivity contribution is 6.34. The largest absolute Gasteiger partial charge is 0.221 e. The Bertz CT molecular complexity index is 438. The monoisotopic (exact) mass is 284 g/mol. The molecule has 18 heavy (non-hydrogen) atoms. The first kappa shape index (κ1) is 12.7. The van der Waals surface area contributed by atoms with E-state index in [9.17, 15) is 0 Å².